The molecule has 8 heteroatoms. The molecule has 0 aromatic carbocycles. The van der Waals surface area contributed by atoms with Crippen LogP contribution in [0.5, 0.6) is 5.88 Å². The maximum absolute atomic E-state index is 12.8. The molecule has 2 nitrogen and oxygen atoms in total. The summed E-state index contributed by atoms with van der Waals surface area (Å²) in [6.45, 7) is -0.918. The molecule has 0 saturated heterocycles. The van der Waals surface area contributed by atoms with Gasteiger partial charge in [0.05, 0.1) is 13.0 Å². The number of aromatic nitrogens is 1. The number of alkyl halides is 3. The fourth-order valence-corrected chi connectivity index (χ4v) is 0.793. The number of hydrogen-bond acceptors (Lipinski definition) is 2. The first-order valence-corrected chi connectivity index (χ1v) is 4.00. The van der Waals surface area contributed by atoms with Gasteiger partial charge in [-0.15, -0.1) is 0 Å². The van der Waals surface area contributed by atoms with Gasteiger partial charge in [-0.1, -0.05) is 0 Å². The third kappa shape index (κ3) is 3.59. The maximum Gasteiger partial charge on any atom is 0.392 e. The molecule has 0 atom stereocenters. The van der Waals surface area contributed by atoms with Crippen LogP contribution in [0.25, 0.3) is 0 Å². The molecule has 1 aromatic rings. The van der Waals surface area contributed by atoms with Gasteiger partial charge in [0.1, 0.15) is 0 Å². The molecule has 0 amide bonds. The highest BCUT2D eigenvalue weighted by Crippen LogP contribution is 2.21. The van der Waals surface area contributed by atoms with Crippen molar-refractivity contribution in [3.8, 4) is 5.88 Å². The fraction of sp³-hybridized carbons (Fsp3) is 0.375. The normalized spacial score (nSPS) is 11.6. The molecular formula is C8H5F6NO. The van der Waals surface area contributed by atoms with Gasteiger partial charge >= 0.3 is 6.18 Å². The summed E-state index contributed by atoms with van der Waals surface area (Å²) in [6.07, 6.45) is -5.82. The molecule has 0 bridgehead atoms. The smallest absolute Gasteiger partial charge is 0.392 e. The van der Waals surface area contributed by atoms with Crippen molar-refractivity contribution in [2.45, 2.75) is 12.6 Å². The second kappa shape index (κ2) is 4.58. The number of rotatable bonds is 3. The highest BCUT2D eigenvalue weighted by molar-refractivity contribution is 5.15. The van der Waals surface area contributed by atoms with Crippen molar-refractivity contribution >= 4 is 0 Å². The molecular weight excluding hydrogens is 240 g/mol. The largest absolute Gasteiger partial charge is 0.475 e. The Kier molecular flexibility index (Phi) is 3.61. The zero-order valence-corrected chi connectivity index (χ0v) is 7.61. The van der Waals surface area contributed by atoms with Gasteiger partial charge in [-0.25, -0.2) is 8.78 Å². The van der Waals surface area contributed by atoms with Gasteiger partial charge in [0, 0.05) is 6.07 Å². The first-order valence-electron chi connectivity index (χ1n) is 4.00. The summed E-state index contributed by atoms with van der Waals surface area (Å²) in [7, 11) is 0. The van der Waals surface area contributed by atoms with Crippen LogP contribution in [0.4, 0.5) is 26.3 Å². The Morgan fingerprint density at radius 2 is 1.75 bits per heavy atom. The molecule has 0 radical (unpaired) electrons. The predicted octanol–water partition coefficient (Wildman–Crippen LogP) is 2.83. The Labute approximate surface area is 85.9 Å². The van der Waals surface area contributed by atoms with Crippen molar-refractivity contribution in [1.82, 2.24) is 4.98 Å². The van der Waals surface area contributed by atoms with Crippen molar-refractivity contribution in [1.29, 1.82) is 0 Å². The minimum atomic E-state index is -4.48. The Bertz CT molecular complexity index is 378. The highest BCUT2D eigenvalue weighted by Gasteiger charge is 2.27. The van der Waals surface area contributed by atoms with Gasteiger partial charge < -0.3 is 4.74 Å². The summed E-state index contributed by atoms with van der Waals surface area (Å²) in [5, 5.41) is 0. The van der Waals surface area contributed by atoms with Crippen molar-refractivity contribution in [3.05, 3.63) is 23.6 Å². The molecule has 1 aromatic heterocycles. The molecule has 0 aliphatic heterocycles. The van der Waals surface area contributed by atoms with E-state index in [1.807, 2.05) is 0 Å². The van der Waals surface area contributed by atoms with Crippen LogP contribution in [0.15, 0.2) is 6.07 Å². The van der Waals surface area contributed by atoms with Crippen molar-refractivity contribution < 1.29 is 31.1 Å². The summed E-state index contributed by atoms with van der Waals surface area (Å²) in [6, 6.07) is 0.144. The number of hydrogen-bond donors (Lipinski definition) is 0. The Morgan fingerprint density at radius 1 is 1.12 bits per heavy atom. The lowest BCUT2D eigenvalue weighted by molar-refractivity contribution is -0.139. The molecule has 0 spiro atoms. The van der Waals surface area contributed by atoms with E-state index >= 15 is 0 Å². The number of halogens is 6. The van der Waals surface area contributed by atoms with Gasteiger partial charge in [0.15, 0.2) is 11.6 Å². The van der Waals surface area contributed by atoms with E-state index in [0.717, 1.165) is 0 Å². The molecule has 16 heavy (non-hydrogen) atoms. The lowest BCUT2D eigenvalue weighted by atomic mass is 10.4. The van der Waals surface area contributed by atoms with Gasteiger partial charge in [0.25, 0.3) is 11.8 Å². The second-order valence-electron chi connectivity index (χ2n) is 2.76. The molecule has 0 aliphatic rings. The average molecular weight is 245 g/mol. The van der Waals surface area contributed by atoms with Crippen LogP contribution in [0, 0.1) is 17.6 Å². The number of ether oxygens (including phenoxy) is 1. The zero-order valence-electron chi connectivity index (χ0n) is 7.61. The Balaban J connectivity index is 2.64. The quantitative estimate of drug-likeness (QED) is 0.603. The van der Waals surface area contributed by atoms with Gasteiger partial charge in [-0.05, 0) is 0 Å². The van der Waals surface area contributed by atoms with Crippen molar-refractivity contribution in [3.63, 3.8) is 0 Å². The summed E-state index contributed by atoms with van der Waals surface area (Å²) in [5.41, 5.74) is 0. The Morgan fingerprint density at radius 3 is 2.31 bits per heavy atom. The average Bonchev–Trinajstić information content (AvgIpc) is 2.11. The molecule has 90 valence electrons. The molecule has 1 rings (SSSR count). The standard InChI is InChI=1S/C8H5F6NO/c9-4-3-5(10)7(15-6(4)11)16-2-1-8(12,13)14/h3H,1-2H2. The van der Waals surface area contributed by atoms with Crippen LogP contribution in [-0.4, -0.2) is 17.8 Å². The van der Waals surface area contributed by atoms with E-state index in [0.29, 0.717) is 0 Å². The molecule has 1 heterocycles. The third-order valence-electron chi connectivity index (χ3n) is 1.48. The van der Waals surface area contributed by atoms with Crippen LogP contribution in [-0.2, 0) is 0 Å². The van der Waals surface area contributed by atoms with Crippen LogP contribution in [0.1, 0.15) is 6.42 Å². The minimum absolute atomic E-state index is 0.144. The van der Waals surface area contributed by atoms with E-state index in [4.69, 9.17) is 0 Å². The Hall–Kier alpha value is -1.47. The van der Waals surface area contributed by atoms with Gasteiger partial charge in [0.2, 0.25) is 0 Å². The molecule has 0 aliphatic carbocycles. The first kappa shape index (κ1) is 12.6. The van der Waals surface area contributed by atoms with E-state index < -0.39 is 42.7 Å². The first-order chi connectivity index (χ1) is 7.29. The van der Waals surface area contributed by atoms with Crippen LogP contribution in [0.2, 0.25) is 0 Å². The third-order valence-corrected chi connectivity index (χ3v) is 1.48. The van der Waals surface area contributed by atoms with E-state index in [2.05, 4.69) is 9.72 Å². The van der Waals surface area contributed by atoms with E-state index in [1.54, 1.807) is 0 Å². The topological polar surface area (TPSA) is 22.1 Å². The fourth-order valence-electron chi connectivity index (χ4n) is 0.793. The monoisotopic (exact) mass is 245 g/mol. The van der Waals surface area contributed by atoms with Gasteiger partial charge in [-0.3, -0.25) is 0 Å². The molecule has 0 fully saturated rings. The van der Waals surface area contributed by atoms with E-state index in [1.165, 1.54) is 0 Å². The number of pyridine rings is 1. The second-order valence-corrected chi connectivity index (χ2v) is 2.76. The van der Waals surface area contributed by atoms with Crippen LogP contribution < -0.4 is 4.74 Å². The molecule has 0 saturated carbocycles. The zero-order chi connectivity index (χ0) is 12.3. The lowest BCUT2D eigenvalue weighted by Crippen LogP contribution is -2.14. The summed E-state index contributed by atoms with van der Waals surface area (Å²) in [5.74, 6) is -5.53. The van der Waals surface area contributed by atoms with Crippen LogP contribution in [0.3, 0.4) is 0 Å². The number of nitrogens with zero attached hydrogens (tertiary/aromatic N) is 1. The summed E-state index contributed by atoms with van der Waals surface area (Å²) < 4.78 is 76.9. The van der Waals surface area contributed by atoms with E-state index in [-0.39, 0.29) is 6.07 Å². The highest BCUT2D eigenvalue weighted by atomic mass is 19.4. The SMILES string of the molecule is Fc1cc(F)c(OCCC(F)(F)F)nc1F. The van der Waals surface area contributed by atoms with Crippen molar-refractivity contribution in [2.75, 3.05) is 6.61 Å². The van der Waals surface area contributed by atoms with Crippen LogP contribution >= 0.6 is 0 Å². The lowest BCUT2D eigenvalue weighted by Gasteiger charge is -2.08. The van der Waals surface area contributed by atoms with Gasteiger partial charge in [-0.2, -0.15) is 22.5 Å². The molecule has 0 unspecified atom stereocenters. The molecule has 0 N–H and O–H groups in total. The summed E-state index contributed by atoms with van der Waals surface area (Å²) in [4.78, 5) is 2.69. The summed E-state index contributed by atoms with van der Waals surface area (Å²) >= 11 is 0. The predicted molar refractivity (Wildman–Crippen MR) is 40.3 cm³/mol. The minimum Gasteiger partial charge on any atom is -0.475 e. The van der Waals surface area contributed by atoms with E-state index in [9.17, 15) is 26.3 Å². The van der Waals surface area contributed by atoms with Crippen molar-refractivity contribution in [2.24, 2.45) is 0 Å². The maximum atomic E-state index is 12.8.